The van der Waals surface area contributed by atoms with Crippen LogP contribution in [0, 0.1) is 0 Å². The lowest BCUT2D eigenvalue weighted by Crippen LogP contribution is -2.29. The van der Waals surface area contributed by atoms with Gasteiger partial charge in [-0.1, -0.05) is 36.0 Å². The summed E-state index contributed by atoms with van der Waals surface area (Å²) in [6, 6.07) is 20.8. The molecule has 0 unspecified atom stereocenters. The van der Waals surface area contributed by atoms with Gasteiger partial charge in [0.1, 0.15) is 5.01 Å². The Bertz CT molecular complexity index is 1180. The Hall–Kier alpha value is -3.16. The second-order valence-electron chi connectivity index (χ2n) is 7.46. The fraction of sp³-hybridized carbons (Fsp3) is 0.160. The van der Waals surface area contributed by atoms with Gasteiger partial charge in [0.25, 0.3) is 0 Å². The van der Waals surface area contributed by atoms with E-state index in [4.69, 9.17) is 0 Å². The number of anilines is 2. The number of hydrogen-bond acceptors (Lipinski definition) is 6. The number of nitrogens with one attached hydrogen (secondary N) is 1. The molecule has 1 aliphatic heterocycles. The maximum atomic E-state index is 12.4. The summed E-state index contributed by atoms with van der Waals surface area (Å²) in [7, 11) is 0. The van der Waals surface area contributed by atoms with Gasteiger partial charge in [-0.05, 0) is 42.8 Å². The smallest absolute Gasteiger partial charge is 0.226 e. The first-order valence-electron chi connectivity index (χ1n) is 10.5. The molecule has 1 N–H and O–H groups in total. The molecule has 1 aliphatic rings. The van der Waals surface area contributed by atoms with E-state index in [-0.39, 0.29) is 5.91 Å². The van der Waals surface area contributed by atoms with Gasteiger partial charge in [0.15, 0.2) is 0 Å². The third kappa shape index (κ3) is 4.54. The number of fused-ring (bicyclic) bond motifs is 2. The highest BCUT2D eigenvalue weighted by molar-refractivity contribution is 7.99. The molecule has 3 heterocycles. The third-order valence-corrected chi connectivity index (χ3v) is 7.29. The fourth-order valence-electron chi connectivity index (χ4n) is 3.72. The predicted molar refractivity (Wildman–Crippen MR) is 131 cm³/mol. The molecule has 0 saturated heterocycles. The molecule has 0 bridgehead atoms. The maximum absolute atomic E-state index is 12.4. The molecule has 160 valence electrons. The number of para-hydroxylation sites is 2. The largest absolute Gasteiger partial charge is 0.356 e. The molecule has 0 saturated carbocycles. The number of nitrogens with zero attached hydrogens (tertiary/aromatic N) is 3. The quantitative estimate of drug-likeness (QED) is 0.368. The Balaban J connectivity index is 1.16. The van der Waals surface area contributed by atoms with Gasteiger partial charge < -0.3 is 10.2 Å². The molecule has 5 rings (SSSR count). The van der Waals surface area contributed by atoms with Gasteiger partial charge in [-0.25, -0.2) is 4.98 Å². The van der Waals surface area contributed by atoms with Crippen molar-refractivity contribution in [2.75, 3.05) is 18.0 Å². The third-order valence-electron chi connectivity index (χ3n) is 5.21. The number of hydrogen-bond donors (Lipinski definition) is 1. The van der Waals surface area contributed by atoms with Gasteiger partial charge in [-0.3, -0.25) is 9.78 Å². The van der Waals surface area contributed by atoms with E-state index in [2.05, 4.69) is 68.7 Å². The van der Waals surface area contributed by atoms with Gasteiger partial charge >= 0.3 is 0 Å². The van der Waals surface area contributed by atoms with E-state index in [0.29, 0.717) is 13.0 Å². The van der Waals surface area contributed by atoms with Crippen LogP contribution in [0.5, 0.6) is 0 Å². The summed E-state index contributed by atoms with van der Waals surface area (Å²) in [5, 5.41) is 5.88. The number of carbonyl (C=O) groups excluding carboxylic acids is 1. The van der Waals surface area contributed by atoms with Gasteiger partial charge in [-0.15, -0.1) is 11.3 Å². The van der Waals surface area contributed by atoms with Crippen molar-refractivity contribution >= 4 is 40.4 Å². The molecule has 1 amide bonds. The van der Waals surface area contributed by atoms with Gasteiger partial charge in [-0.2, -0.15) is 0 Å². The van der Waals surface area contributed by atoms with E-state index in [1.807, 2.05) is 29.3 Å². The van der Waals surface area contributed by atoms with Crippen LogP contribution in [0.25, 0.3) is 10.6 Å². The minimum Gasteiger partial charge on any atom is -0.356 e. The fourth-order valence-corrected chi connectivity index (χ4v) is 5.63. The number of thiazole rings is 1. The zero-order chi connectivity index (χ0) is 21.8. The average Bonchev–Trinajstić information content (AvgIpc) is 3.30. The van der Waals surface area contributed by atoms with E-state index >= 15 is 0 Å². The van der Waals surface area contributed by atoms with Gasteiger partial charge in [0.05, 0.1) is 23.5 Å². The van der Waals surface area contributed by atoms with Crippen molar-refractivity contribution < 1.29 is 4.79 Å². The highest BCUT2D eigenvalue weighted by atomic mass is 32.2. The maximum Gasteiger partial charge on any atom is 0.226 e. The van der Waals surface area contributed by atoms with Crippen molar-refractivity contribution in [3.8, 4) is 10.6 Å². The Morgan fingerprint density at radius 3 is 2.44 bits per heavy atom. The first kappa shape index (κ1) is 20.7. The topological polar surface area (TPSA) is 58.1 Å². The van der Waals surface area contributed by atoms with Crippen LogP contribution in [0.1, 0.15) is 12.1 Å². The van der Waals surface area contributed by atoms with Crippen molar-refractivity contribution in [3.63, 3.8) is 0 Å². The van der Waals surface area contributed by atoms with Crippen molar-refractivity contribution in [1.82, 2.24) is 15.3 Å². The van der Waals surface area contributed by atoms with Crippen molar-refractivity contribution in [2.24, 2.45) is 0 Å². The number of benzene rings is 2. The minimum atomic E-state index is 0.00281. The lowest BCUT2D eigenvalue weighted by molar-refractivity contribution is -0.120. The molecule has 0 spiro atoms. The molecule has 0 radical (unpaired) electrons. The van der Waals surface area contributed by atoms with E-state index in [1.54, 1.807) is 12.4 Å². The van der Waals surface area contributed by atoms with Crippen molar-refractivity contribution in [1.29, 1.82) is 0 Å². The SMILES string of the molecule is O=C(Cc1csc(-c2cccnc2)n1)NCCCN1c2ccccc2Sc2ccccc21. The molecular formula is C25H22N4OS2. The summed E-state index contributed by atoms with van der Waals surface area (Å²) in [6.45, 7) is 1.48. The van der Waals surface area contributed by atoms with Crippen LogP contribution < -0.4 is 10.2 Å². The summed E-state index contributed by atoms with van der Waals surface area (Å²) in [6.07, 6.45) is 4.68. The molecule has 2 aromatic heterocycles. The zero-order valence-corrected chi connectivity index (χ0v) is 19.0. The summed E-state index contributed by atoms with van der Waals surface area (Å²) < 4.78 is 0. The van der Waals surface area contributed by atoms with Crippen LogP contribution in [-0.4, -0.2) is 29.0 Å². The summed E-state index contributed by atoms with van der Waals surface area (Å²) >= 11 is 3.35. The average molecular weight is 459 g/mol. The molecule has 32 heavy (non-hydrogen) atoms. The second-order valence-corrected chi connectivity index (χ2v) is 9.40. The number of carbonyl (C=O) groups is 1. The molecule has 0 atom stereocenters. The first-order valence-corrected chi connectivity index (χ1v) is 12.2. The second kappa shape index (κ2) is 9.54. The van der Waals surface area contributed by atoms with Crippen LogP contribution >= 0.6 is 23.1 Å². The van der Waals surface area contributed by atoms with Crippen LogP contribution in [0.15, 0.2) is 88.2 Å². The molecule has 4 aromatic rings. The van der Waals surface area contributed by atoms with Crippen molar-refractivity contribution in [2.45, 2.75) is 22.6 Å². The Labute approximate surface area is 195 Å². The normalized spacial score (nSPS) is 12.2. The lowest BCUT2D eigenvalue weighted by atomic mass is 10.2. The van der Waals surface area contributed by atoms with E-state index in [9.17, 15) is 4.79 Å². The zero-order valence-electron chi connectivity index (χ0n) is 17.4. The first-order chi connectivity index (χ1) is 15.8. The molecule has 7 heteroatoms. The molecular weight excluding hydrogens is 436 g/mol. The number of rotatable bonds is 7. The number of amides is 1. The molecule has 2 aromatic carbocycles. The van der Waals surface area contributed by atoms with Crippen LogP contribution in [-0.2, 0) is 11.2 Å². The van der Waals surface area contributed by atoms with Crippen molar-refractivity contribution in [3.05, 3.63) is 84.1 Å². The monoisotopic (exact) mass is 458 g/mol. The molecule has 5 nitrogen and oxygen atoms in total. The van der Waals surface area contributed by atoms with E-state index in [1.165, 1.54) is 32.5 Å². The summed E-state index contributed by atoms with van der Waals surface area (Å²) in [5.41, 5.74) is 4.23. The van der Waals surface area contributed by atoms with Crippen LogP contribution in [0.3, 0.4) is 0 Å². The minimum absolute atomic E-state index is 0.00281. The van der Waals surface area contributed by atoms with Crippen LogP contribution in [0.4, 0.5) is 11.4 Å². The Morgan fingerprint density at radius 1 is 0.969 bits per heavy atom. The van der Waals surface area contributed by atoms with E-state index in [0.717, 1.165) is 29.2 Å². The standard InChI is InChI=1S/C25H22N4OS2/c30-24(15-19-17-31-25(28-19)18-7-5-12-26-16-18)27-13-6-14-29-20-8-1-3-10-22(20)32-23-11-4-2-9-21(23)29/h1-5,7-12,16-17H,6,13-15H2,(H,27,30). The Kier molecular flexibility index (Phi) is 6.18. The van der Waals surface area contributed by atoms with Crippen LogP contribution in [0.2, 0.25) is 0 Å². The summed E-state index contributed by atoms with van der Waals surface area (Å²) in [4.78, 5) is 26.0. The van der Waals surface area contributed by atoms with Gasteiger partial charge in [0, 0.05) is 46.2 Å². The predicted octanol–water partition coefficient (Wildman–Crippen LogP) is 5.56. The molecule has 0 fully saturated rings. The van der Waals surface area contributed by atoms with Gasteiger partial charge in [0.2, 0.25) is 5.91 Å². The highest BCUT2D eigenvalue weighted by Gasteiger charge is 2.22. The highest BCUT2D eigenvalue weighted by Crippen LogP contribution is 2.47. The Morgan fingerprint density at radius 2 is 1.72 bits per heavy atom. The lowest BCUT2D eigenvalue weighted by Gasteiger charge is -2.32. The van der Waals surface area contributed by atoms with E-state index < -0.39 is 0 Å². The summed E-state index contributed by atoms with van der Waals surface area (Å²) in [5.74, 6) is 0.00281. The molecule has 0 aliphatic carbocycles. The number of aromatic nitrogens is 2. The number of pyridine rings is 1.